The third-order valence-corrected chi connectivity index (χ3v) is 4.37. The van der Waals surface area contributed by atoms with Crippen LogP contribution in [0.25, 0.3) is 22.3 Å². The predicted octanol–water partition coefficient (Wildman–Crippen LogP) is 2.27. The van der Waals surface area contributed by atoms with Crippen LogP contribution >= 0.6 is 12.4 Å². The zero-order valence-electron chi connectivity index (χ0n) is 13.3. The summed E-state index contributed by atoms with van der Waals surface area (Å²) in [5.41, 5.74) is 7.91. The van der Waals surface area contributed by atoms with E-state index < -0.39 is 5.82 Å². The number of nitrogens with two attached hydrogens (primary N) is 1. The fourth-order valence-electron chi connectivity index (χ4n) is 3.13. The van der Waals surface area contributed by atoms with Crippen molar-refractivity contribution in [2.45, 2.75) is 18.9 Å². The third kappa shape index (κ3) is 3.10. The maximum Gasteiger partial charge on any atom is 0.174 e. The minimum atomic E-state index is -0.448. The number of piperidine rings is 1. The normalized spacial score (nSPS) is 15.2. The van der Waals surface area contributed by atoms with Gasteiger partial charge in [-0.15, -0.1) is 22.6 Å². The van der Waals surface area contributed by atoms with Gasteiger partial charge in [0.25, 0.3) is 0 Å². The highest BCUT2D eigenvalue weighted by Crippen LogP contribution is 2.32. The van der Waals surface area contributed by atoms with Crippen molar-refractivity contribution in [3.63, 3.8) is 0 Å². The van der Waals surface area contributed by atoms with E-state index in [1.807, 2.05) is 4.68 Å². The number of rotatable bonds is 2. The van der Waals surface area contributed by atoms with Gasteiger partial charge in [-0.05, 0) is 50.2 Å². The number of aromatic hydroxyl groups is 1. The number of anilines is 1. The molecule has 0 aliphatic carbocycles. The molecule has 9 heteroatoms. The molecule has 25 heavy (non-hydrogen) atoms. The monoisotopic (exact) mass is 364 g/mol. The van der Waals surface area contributed by atoms with E-state index in [-0.39, 0.29) is 24.2 Å². The molecule has 0 amide bonds. The van der Waals surface area contributed by atoms with Gasteiger partial charge < -0.3 is 16.2 Å². The number of phenolic OH excluding ortho intramolecular Hbond substituents is 1. The van der Waals surface area contributed by atoms with E-state index in [4.69, 9.17) is 5.73 Å². The summed E-state index contributed by atoms with van der Waals surface area (Å²) in [7, 11) is 0. The molecule has 7 nitrogen and oxygen atoms in total. The van der Waals surface area contributed by atoms with Crippen molar-refractivity contribution in [3.05, 3.63) is 30.1 Å². The maximum absolute atomic E-state index is 13.5. The highest BCUT2D eigenvalue weighted by atomic mass is 35.5. The van der Waals surface area contributed by atoms with Crippen molar-refractivity contribution >= 4 is 29.3 Å². The fraction of sp³-hybridized carbons (Fsp3) is 0.312. The second-order valence-corrected chi connectivity index (χ2v) is 5.94. The summed E-state index contributed by atoms with van der Waals surface area (Å²) in [5.74, 6) is -0.173. The molecule has 1 aliphatic heterocycles. The Morgan fingerprint density at radius 3 is 2.72 bits per heavy atom. The van der Waals surface area contributed by atoms with Gasteiger partial charge in [-0.3, -0.25) is 4.68 Å². The van der Waals surface area contributed by atoms with Crippen LogP contribution in [0.15, 0.2) is 24.3 Å². The van der Waals surface area contributed by atoms with Crippen LogP contribution in [0.5, 0.6) is 5.75 Å². The Hall–Kier alpha value is -2.45. The first-order chi connectivity index (χ1) is 11.6. The molecule has 1 saturated heterocycles. The van der Waals surface area contributed by atoms with Crippen LogP contribution in [0.1, 0.15) is 18.9 Å². The van der Waals surface area contributed by atoms with Gasteiger partial charge >= 0.3 is 0 Å². The number of nitrogens with zero attached hydrogens (tertiary/aromatic N) is 4. The first-order valence-corrected chi connectivity index (χ1v) is 7.84. The average Bonchev–Trinajstić information content (AvgIpc) is 2.94. The molecule has 2 aromatic heterocycles. The first-order valence-electron chi connectivity index (χ1n) is 7.84. The lowest BCUT2D eigenvalue weighted by molar-refractivity contribution is 0.352. The van der Waals surface area contributed by atoms with Gasteiger partial charge in [0.05, 0.1) is 17.3 Å². The van der Waals surface area contributed by atoms with Gasteiger partial charge in [-0.25, -0.2) is 4.39 Å². The van der Waals surface area contributed by atoms with Gasteiger partial charge in [-0.1, -0.05) is 0 Å². The van der Waals surface area contributed by atoms with Crippen LogP contribution in [0.2, 0.25) is 0 Å². The molecule has 3 aromatic rings. The molecule has 132 valence electrons. The summed E-state index contributed by atoms with van der Waals surface area (Å²) in [4.78, 5) is 0. The Bertz CT molecular complexity index is 909. The van der Waals surface area contributed by atoms with Gasteiger partial charge in [-0.2, -0.15) is 5.10 Å². The Kier molecular flexibility index (Phi) is 4.73. The number of hydrogen-bond donors (Lipinski definition) is 3. The molecule has 0 atom stereocenters. The van der Waals surface area contributed by atoms with E-state index >= 15 is 0 Å². The van der Waals surface area contributed by atoms with E-state index in [9.17, 15) is 9.50 Å². The van der Waals surface area contributed by atoms with E-state index in [0.29, 0.717) is 22.6 Å². The van der Waals surface area contributed by atoms with Crippen molar-refractivity contribution in [3.8, 4) is 17.0 Å². The lowest BCUT2D eigenvalue weighted by atomic mass is 10.1. The smallest absolute Gasteiger partial charge is 0.174 e. The van der Waals surface area contributed by atoms with Crippen molar-refractivity contribution in [2.24, 2.45) is 0 Å². The summed E-state index contributed by atoms with van der Waals surface area (Å²) < 4.78 is 15.4. The Morgan fingerprint density at radius 2 is 1.96 bits per heavy atom. The van der Waals surface area contributed by atoms with E-state index in [0.717, 1.165) is 31.4 Å². The highest BCUT2D eigenvalue weighted by molar-refractivity contribution is 5.87. The van der Waals surface area contributed by atoms with Gasteiger partial charge in [0.1, 0.15) is 11.6 Å². The van der Waals surface area contributed by atoms with Crippen molar-refractivity contribution in [1.82, 2.24) is 25.3 Å². The Morgan fingerprint density at radius 1 is 1.20 bits per heavy atom. The molecular weight excluding hydrogens is 347 g/mol. The van der Waals surface area contributed by atoms with Crippen LogP contribution in [0.4, 0.5) is 10.2 Å². The van der Waals surface area contributed by atoms with Crippen LogP contribution in [-0.2, 0) is 0 Å². The van der Waals surface area contributed by atoms with Crippen molar-refractivity contribution < 1.29 is 9.50 Å². The molecule has 1 aliphatic rings. The molecule has 3 heterocycles. The third-order valence-electron chi connectivity index (χ3n) is 4.37. The summed E-state index contributed by atoms with van der Waals surface area (Å²) >= 11 is 0. The Balaban J connectivity index is 0.00000182. The molecule has 0 radical (unpaired) electrons. The minimum Gasteiger partial charge on any atom is -0.507 e. The van der Waals surface area contributed by atoms with E-state index in [1.165, 1.54) is 18.2 Å². The number of benzene rings is 1. The fourth-order valence-corrected chi connectivity index (χ4v) is 3.13. The van der Waals surface area contributed by atoms with Crippen LogP contribution < -0.4 is 11.1 Å². The molecule has 1 aromatic carbocycles. The van der Waals surface area contributed by atoms with E-state index in [1.54, 1.807) is 6.07 Å². The topological polar surface area (TPSA) is 102 Å². The quantitative estimate of drug-likeness (QED) is 0.644. The van der Waals surface area contributed by atoms with Crippen molar-refractivity contribution in [2.75, 3.05) is 18.8 Å². The zero-order valence-corrected chi connectivity index (χ0v) is 14.1. The minimum absolute atomic E-state index is 0. The number of nitrogens with one attached hydrogen (secondary N) is 1. The number of hydrogen-bond acceptors (Lipinski definition) is 6. The van der Waals surface area contributed by atoms with Gasteiger partial charge in [0.2, 0.25) is 0 Å². The number of phenols is 1. The largest absolute Gasteiger partial charge is 0.507 e. The second-order valence-electron chi connectivity index (χ2n) is 5.94. The number of aromatic nitrogens is 4. The van der Waals surface area contributed by atoms with Crippen LogP contribution in [0, 0.1) is 5.82 Å². The number of fused-ring (bicyclic) bond motifs is 1. The predicted molar refractivity (Wildman–Crippen MR) is 95.2 cm³/mol. The summed E-state index contributed by atoms with van der Waals surface area (Å²) in [6.45, 7) is 1.84. The SMILES string of the molecule is Cl.Nc1nn(C2CCNCC2)c2cc(-c3cc(F)ccc3O)nnc12. The molecule has 0 saturated carbocycles. The lowest BCUT2D eigenvalue weighted by Crippen LogP contribution is -2.29. The molecule has 4 rings (SSSR count). The number of halogens is 2. The van der Waals surface area contributed by atoms with E-state index in [2.05, 4.69) is 20.6 Å². The second kappa shape index (κ2) is 6.81. The zero-order chi connectivity index (χ0) is 16.7. The molecule has 0 spiro atoms. The van der Waals surface area contributed by atoms with Crippen LogP contribution in [-0.4, -0.2) is 38.2 Å². The van der Waals surface area contributed by atoms with Crippen molar-refractivity contribution in [1.29, 1.82) is 0 Å². The van der Waals surface area contributed by atoms with Gasteiger partial charge in [0.15, 0.2) is 11.3 Å². The summed E-state index contributed by atoms with van der Waals surface area (Å²) in [6, 6.07) is 5.71. The Labute approximate surface area is 149 Å². The lowest BCUT2D eigenvalue weighted by Gasteiger charge is -2.23. The average molecular weight is 365 g/mol. The molecule has 1 fully saturated rings. The van der Waals surface area contributed by atoms with Gasteiger partial charge in [0, 0.05) is 5.56 Å². The standard InChI is InChI=1S/C16H17FN6O.ClH/c17-9-1-2-14(24)11(7-9)12-8-13-15(21-20-12)16(18)22-23(13)10-3-5-19-6-4-10;/h1-2,7-8,10,19,24H,3-6H2,(H2,18,22);1H. The summed E-state index contributed by atoms with van der Waals surface area (Å²) in [6.07, 6.45) is 1.89. The highest BCUT2D eigenvalue weighted by Gasteiger charge is 2.21. The number of nitrogen functional groups attached to an aromatic ring is 1. The molecule has 4 N–H and O–H groups in total. The molecule has 0 unspecified atom stereocenters. The van der Waals surface area contributed by atoms with Crippen LogP contribution in [0.3, 0.4) is 0 Å². The first kappa shape index (κ1) is 17.4. The molecular formula is C16H18ClFN6O. The summed E-state index contributed by atoms with van der Waals surface area (Å²) in [5, 5.41) is 25.9. The maximum atomic E-state index is 13.5. The molecule has 0 bridgehead atoms.